The van der Waals surface area contributed by atoms with Crippen LogP contribution in [0.25, 0.3) is 0 Å². The van der Waals surface area contributed by atoms with Crippen molar-refractivity contribution in [3.05, 3.63) is 12.5 Å². The second kappa shape index (κ2) is 7.73. The smallest absolute Gasteiger partial charge is 0.149 e. The standard InChI is InChI=1S/C9H16N2O2/c1-2-4-6-10-11-7-9-13-12-8-5-3-1/h7,9H,1-6,8H2/b9-7-,11-10?. The third kappa shape index (κ3) is 6.28. The molecule has 4 nitrogen and oxygen atoms in total. The highest BCUT2D eigenvalue weighted by atomic mass is 17.2. The molecule has 0 radical (unpaired) electrons. The summed E-state index contributed by atoms with van der Waals surface area (Å²) >= 11 is 0. The Morgan fingerprint density at radius 3 is 2.85 bits per heavy atom. The monoisotopic (exact) mass is 184 g/mol. The molecule has 74 valence electrons. The van der Waals surface area contributed by atoms with Crippen LogP contribution in [0.4, 0.5) is 0 Å². The Balaban J connectivity index is 2.18. The third-order valence-electron chi connectivity index (χ3n) is 1.82. The molecule has 0 bridgehead atoms. The van der Waals surface area contributed by atoms with Gasteiger partial charge in [-0.2, -0.15) is 15.1 Å². The van der Waals surface area contributed by atoms with E-state index in [9.17, 15) is 0 Å². The Morgan fingerprint density at radius 2 is 1.85 bits per heavy atom. The molecule has 0 N–H and O–H groups in total. The van der Waals surface area contributed by atoms with Crippen LogP contribution in [0.5, 0.6) is 0 Å². The summed E-state index contributed by atoms with van der Waals surface area (Å²) in [7, 11) is 0. The Bertz CT molecular complexity index is 151. The number of hydrogen-bond donors (Lipinski definition) is 0. The molecule has 0 atom stereocenters. The Labute approximate surface area is 78.6 Å². The normalized spacial score (nSPS) is 23.4. The Hall–Kier alpha value is -0.900. The summed E-state index contributed by atoms with van der Waals surface area (Å²) < 4.78 is 0. The van der Waals surface area contributed by atoms with Gasteiger partial charge < -0.3 is 4.89 Å². The molecule has 4 heteroatoms. The van der Waals surface area contributed by atoms with Crippen molar-refractivity contribution < 1.29 is 9.78 Å². The van der Waals surface area contributed by atoms with E-state index in [1.165, 1.54) is 31.7 Å². The molecule has 0 amide bonds. The topological polar surface area (TPSA) is 43.2 Å². The van der Waals surface area contributed by atoms with Gasteiger partial charge in [-0.1, -0.05) is 19.3 Å². The number of nitrogens with zero attached hydrogens (tertiary/aromatic N) is 2. The first-order chi connectivity index (χ1) is 6.50. The number of rotatable bonds is 0. The highest BCUT2D eigenvalue weighted by molar-refractivity contribution is 4.66. The fourth-order valence-electron chi connectivity index (χ4n) is 1.12. The minimum absolute atomic E-state index is 0.654. The first kappa shape index (κ1) is 10.2. The van der Waals surface area contributed by atoms with E-state index in [2.05, 4.69) is 10.2 Å². The van der Waals surface area contributed by atoms with E-state index in [-0.39, 0.29) is 0 Å². The number of azo groups is 1. The van der Waals surface area contributed by atoms with Crippen LogP contribution in [0.1, 0.15) is 32.1 Å². The van der Waals surface area contributed by atoms with Gasteiger partial charge in [-0.15, -0.1) is 0 Å². The molecule has 0 spiro atoms. The molecule has 1 aliphatic heterocycles. The molecule has 1 aliphatic rings. The lowest BCUT2D eigenvalue weighted by molar-refractivity contribution is -0.249. The third-order valence-corrected chi connectivity index (χ3v) is 1.82. The highest BCUT2D eigenvalue weighted by Crippen LogP contribution is 2.04. The van der Waals surface area contributed by atoms with Crippen molar-refractivity contribution in [3.8, 4) is 0 Å². The van der Waals surface area contributed by atoms with Crippen molar-refractivity contribution in [2.75, 3.05) is 13.2 Å². The van der Waals surface area contributed by atoms with Crippen LogP contribution in [0.3, 0.4) is 0 Å². The predicted molar refractivity (Wildman–Crippen MR) is 49.0 cm³/mol. The van der Waals surface area contributed by atoms with E-state index in [0.717, 1.165) is 19.4 Å². The second-order valence-electron chi connectivity index (χ2n) is 2.95. The van der Waals surface area contributed by atoms with Crippen LogP contribution >= 0.6 is 0 Å². The average molecular weight is 184 g/mol. The minimum atomic E-state index is 0.654. The first-order valence-electron chi connectivity index (χ1n) is 4.80. The molecule has 13 heavy (non-hydrogen) atoms. The maximum Gasteiger partial charge on any atom is 0.149 e. The molecule has 0 saturated heterocycles. The fraction of sp³-hybridized carbons (Fsp3) is 0.778. The summed E-state index contributed by atoms with van der Waals surface area (Å²) in [6.07, 6.45) is 8.75. The van der Waals surface area contributed by atoms with E-state index in [1.807, 2.05) is 0 Å². The van der Waals surface area contributed by atoms with Gasteiger partial charge >= 0.3 is 0 Å². The molecule has 0 aromatic heterocycles. The van der Waals surface area contributed by atoms with Gasteiger partial charge in [0.25, 0.3) is 0 Å². The van der Waals surface area contributed by atoms with Crippen LogP contribution < -0.4 is 0 Å². The Kier molecular flexibility index (Phi) is 6.06. The van der Waals surface area contributed by atoms with E-state index in [4.69, 9.17) is 9.78 Å². The van der Waals surface area contributed by atoms with E-state index in [1.54, 1.807) is 0 Å². The van der Waals surface area contributed by atoms with Crippen molar-refractivity contribution in [2.24, 2.45) is 10.2 Å². The number of hydrogen-bond acceptors (Lipinski definition) is 4. The molecule has 1 heterocycles. The van der Waals surface area contributed by atoms with Crippen molar-refractivity contribution in [3.63, 3.8) is 0 Å². The highest BCUT2D eigenvalue weighted by Gasteiger charge is 1.92. The average Bonchev–Trinajstić information content (AvgIpc) is 2.18. The summed E-state index contributed by atoms with van der Waals surface area (Å²) in [6.45, 7) is 1.46. The van der Waals surface area contributed by atoms with Crippen molar-refractivity contribution in [1.82, 2.24) is 0 Å². The lowest BCUT2D eigenvalue weighted by Crippen LogP contribution is -1.92. The zero-order chi connectivity index (χ0) is 9.19. The van der Waals surface area contributed by atoms with Gasteiger partial charge in [-0.25, -0.2) is 0 Å². The van der Waals surface area contributed by atoms with E-state index in [0.29, 0.717) is 6.61 Å². The summed E-state index contributed by atoms with van der Waals surface area (Å²) in [5.41, 5.74) is 0. The SMILES string of the molecule is C1=C\OOCCCCCCCN=N/1. The largest absolute Gasteiger partial charge is 0.344 e. The summed E-state index contributed by atoms with van der Waals surface area (Å²) in [5, 5.41) is 7.71. The summed E-state index contributed by atoms with van der Waals surface area (Å²) in [6, 6.07) is 0. The molecule has 0 unspecified atom stereocenters. The van der Waals surface area contributed by atoms with Crippen LogP contribution in [-0.4, -0.2) is 13.2 Å². The minimum Gasteiger partial charge on any atom is -0.344 e. The zero-order valence-electron chi connectivity index (χ0n) is 7.82. The van der Waals surface area contributed by atoms with Crippen LogP contribution in [-0.2, 0) is 9.78 Å². The molecular weight excluding hydrogens is 168 g/mol. The fourth-order valence-corrected chi connectivity index (χ4v) is 1.12. The molecule has 0 fully saturated rings. The molecule has 0 saturated carbocycles. The predicted octanol–water partition coefficient (Wildman–Crippen LogP) is 2.82. The maximum absolute atomic E-state index is 4.86. The second-order valence-corrected chi connectivity index (χ2v) is 2.95. The molecule has 0 aromatic rings. The lowest BCUT2D eigenvalue weighted by atomic mass is 10.1. The van der Waals surface area contributed by atoms with Gasteiger partial charge in [0.2, 0.25) is 0 Å². The van der Waals surface area contributed by atoms with Crippen LogP contribution in [0.2, 0.25) is 0 Å². The molecule has 1 rings (SSSR count). The summed E-state index contributed by atoms with van der Waals surface area (Å²) in [4.78, 5) is 9.57. The molecular formula is C9H16N2O2. The van der Waals surface area contributed by atoms with Gasteiger partial charge in [0.15, 0.2) is 0 Å². The van der Waals surface area contributed by atoms with Gasteiger partial charge in [0.1, 0.15) is 6.26 Å². The quantitative estimate of drug-likeness (QED) is 0.543. The van der Waals surface area contributed by atoms with Crippen molar-refractivity contribution in [2.45, 2.75) is 32.1 Å². The van der Waals surface area contributed by atoms with E-state index < -0.39 is 0 Å². The van der Waals surface area contributed by atoms with Gasteiger partial charge in [0, 0.05) is 0 Å². The molecule has 0 aromatic carbocycles. The van der Waals surface area contributed by atoms with Gasteiger partial charge in [-0.05, 0) is 12.8 Å². The lowest BCUT2D eigenvalue weighted by Gasteiger charge is -1.99. The molecule has 0 aliphatic carbocycles. The first-order valence-corrected chi connectivity index (χ1v) is 4.80. The zero-order valence-corrected chi connectivity index (χ0v) is 7.82. The van der Waals surface area contributed by atoms with Crippen molar-refractivity contribution in [1.29, 1.82) is 0 Å². The van der Waals surface area contributed by atoms with Crippen LogP contribution in [0, 0.1) is 0 Å². The Morgan fingerprint density at radius 1 is 1.00 bits per heavy atom. The van der Waals surface area contributed by atoms with E-state index >= 15 is 0 Å². The van der Waals surface area contributed by atoms with Crippen LogP contribution in [0.15, 0.2) is 22.7 Å². The van der Waals surface area contributed by atoms with Gasteiger partial charge in [-0.3, -0.25) is 0 Å². The van der Waals surface area contributed by atoms with Crippen molar-refractivity contribution >= 4 is 0 Å². The summed E-state index contributed by atoms with van der Waals surface area (Å²) in [5.74, 6) is 0. The van der Waals surface area contributed by atoms with Gasteiger partial charge in [0.05, 0.1) is 19.4 Å². The maximum atomic E-state index is 4.86.